The SMILES string of the molecule is CC/C=C\C/C=C\C/C=C\C/C=C\CCCCCOCC(COC1OC(CO)C(O)C(O)C1O)OC(=O)CCCCCCC. The van der Waals surface area contributed by atoms with Crippen LogP contribution in [0.1, 0.15) is 104 Å². The van der Waals surface area contributed by atoms with Crippen molar-refractivity contribution in [2.45, 2.75) is 141 Å². The average Bonchev–Trinajstić information content (AvgIpc) is 3.02. The second-order valence-electron chi connectivity index (χ2n) is 11.2. The fourth-order valence-electron chi connectivity index (χ4n) is 4.60. The molecule has 6 unspecified atom stereocenters. The van der Waals surface area contributed by atoms with Crippen LogP contribution in [-0.2, 0) is 23.7 Å². The first-order valence-corrected chi connectivity index (χ1v) is 16.7. The van der Waals surface area contributed by atoms with E-state index in [1.54, 1.807) is 0 Å². The Morgan fingerprint density at radius 3 is 2.05 bits per heavy atom. The third kappa shape index (κ3) is 19.5. The summed E-state index contributed by atoms with van der Waals surface area (Å²) in [6.45, 7) is 4.23. The maximum absolute atomic E-state index is 12.5. The Labute approximate surface area is 265 Å². The molecule has 0 aromatic rings. The Morgan fingerprint density at radius 2 is 1.39 bits per heavy atom. The summed E-state index contributed by atoms with van der Waals surface area (Å²) in [6.07, 6.45) is 23.2. The number of hydrogen-bond acceptors (Lipinski definition) is 9. The van der Waals surface area contributed by atoms with Crippen LogP contribution in [0.2, 0.25) is 0 Å². The summed E-state index contributed by atoms with van der Waals surface area (Å²) in [5.41, 5.74) is 0. The van der Waals surface area contributed by atoms with E-state index in [0.29, 0.717) is 13.0 Å². The first-order valence-electron chi connectivity index (χ1n) is 16.7. The molecule has 9 heteroatoms. The van der Waals surface area contributed by atoms with Gasteiger partial charge in [-0.25, -0.2) is 0 Å². The Hall–Kier alpha value is -1.85. The fourth-order valence-corrected chi connectivity index (χ4v) is 4.60. The Morgan fingerprint density at radius 1 is 0.750 bits per heavy atom. The lowest BCUT2D eigenvalue weighted by atomic mass is 9.99. The average molecular weight is 625 g/mol. The highest BCUT2D eigenvalue weighted by Crippen LogP contribution is 2.22. The molecular formula is C35H60O9. The predicted molar refractivity (Wildman–Crippen MR) is 173 cm³/mol. The molecule has 0 spiro atoms. The molecular weight excluding hydrogens is 564 g/mol. The van der Waals surface area contributed by atoms with Crippen molar-refractivity contribution < 1.29 is 44.2 Å². The smallest absolute Gasteiger partial charge is 0.306 e. The number of ether oxygens (including phenoxy) is 4. The molecule has 0 aromatic carbocycles. The molecule has 44 heavy (non-hydrogen) atoms. The van der Waals surface area contributed by atoms with Gasteiger partial charge >= 0.3 is 5.97 Å². The highest BCUT2D eigenvalue weighted by atomic mass is 16.7. The minimum atomic E-state index is -1.54. The number of esters is 1. The van der Waals surface area contributed by atoms with Gasteiger partial charge in [0.15, 0.2) is 6.29 Å². The molecule has 0 bridgehead atoms. The van der Waals surface area contributed by atoms with E-state index in [-0.39, 0.29) is 19.2 Å². The van der Waals surface area contributed by atoms with E-state index in [9.17, 15) is 25.2 Å². The molecule has 1 aliphatic rings. The summed E-state index contributed by atoms with van der Waals surface area (Å²) in [6, 6.07) is 0. The van der Waals surface area contributed by atoms with Crippen molar-refractivity contribution >= 4 is 5.97 Å². The summed E-state index contributed by atoms with van der Waals surface area (Å²) in [4.78, 5) is 12.5. The van der Waals surface area contributed by atoms with Crippen LogP contribution in [0.15, 0.2) is 48.6 Å². The molecule has 254 valence electrons. The number of rotatable bonds is 26. The zero-order valence-corrected chi connectivity index (χ0v) is 27.1. The Balaban J connectivity index is 2.34. The van der Waals surface area contributed by atoms with Crippen LogP contribution in [0.3, 0.4) is 0 Å². The topological polar surface area (TPSA) is 135 Å². The lowest BCUT2D eigenvalue weighted by Crippen LogP contribution is -2.59. The van der Waals surface area contributed by atoms with E-state index in [1.807, 2.05) is 0 Å². The van der Waals surface area contributed by atoms with Crippen molar-refractivity contribution in [3.8, 4) is 0 Å². The van der Waals surface area contributed by atoms with Crippen LogP contribution < -0.4 is 0 Å². The van der Waals surface area contributed by atoms with Crippen LogP contribution in [0, 0.1) is 0 Å². The number of aliphatic hydroxyl groups excluding tert-OH is 4. The van der Waals surface area contributed by atoms with Crippen molar-refractivity contribution in [1.29, 1.82) is 0 Å². The van der Waals surface area contributed by atoms with Gasteiger partial charge in [-0.3, -0.25) is 4.79 Å². The van der Waals surface area contributed by atoms with Gasteiger partial charge in [0.2, 0.25) is 0 Å². The minimum absolute atomic E-state index is 0.121. The molecule has 1 rings (SSSR count). The quantitative estimate of drug-likeness (QED) is 0.0562. The third-order valence-corrected chi connectivity index (χ3v) is 7.26. The second-order valence-corrected chi connectivity index (χ2v) is 11.2. The second kappa shape index (κ2) is 27.5. The maximum Gasteiger partial charge on any atom is 0.306 e. The number of hydrogen-bond donors (Lipinski definition) is 4. The highest BCUT2D eigenvalue weighted by Gasteiger charge is 2.44. The van der Waals surface area contributed by atoms with Gasteiger partial charge in [-0.15, -0.1) is 0 Å². The van der Waals surface area contributed by atoms with Crippen LogP contribution in [0.5, 0.6) is 0 Å². The van der Waals surface area contributed by atoms with Crippen molar-refractivity contribution in [1.82, 2.24) is 0 Å². The molecule has 0 radical (unpaired) electrons. The standard InChI is InChI=1S/C35H60O9/c1-3-5-7-9-10-11-12-13-14-15-16-17-18-19-21-23-25-41-27-29(43-31(37)24-22-20-8-6-4-2)28-42-35-34(40)33(39)32(38)30(26-36)44-35/h5,7,10-11,13-14,16-17,29-30,32-36,38-40H,3-4,6,8-9,12,15,18-28H2,1-2H3/b7-5-,11-10-,14-13-,17-16-. The van der Waals surface area contributed by atoms with Gasteiger partial charge in [-0.05, 0) is 51.4 Å². The van der Waals surface area contributed by atoms with Crippen LogP contribution in [0.4, 0.5) is 0 Å². The monoisotopic (exact) mass is 624 g/mol. The summed E-state index contributed by atoms with van der Waals surface area (Å²) in [5, 5.41) is 39.7. The van der Waals surface area contributed by atoms with Gasteiger partial charge in [-0.1, -0.05) is 94.6 Å². The number of aliphatic hydroxyl groups is 4. The number of allylic oxidation sites excluding steroid dienone is 8. The van der Waals surface area contributed by atoms with Gasteiger partial charge in [0.25, 0.3) is 0 Å². The summed E-state index contributed by atoms with van der Waals surface area (Å²) in [7, 11) is 0. The summed E-state index contributed by atoms with van der Waals surface area (Å²) >= 11 is 0. The van der Waals surface area contributed by atoms with Crippen LogP contribution >= 0.6 is 0 Å². The van der Waals surface area contributed by atoms with Crippen LogP contribution in [0.25, 0.3) is 0 Å². The Bertz CT molecular complexity index is 808. The van der Waals surface area contributed by atoms with Crippen molar-refractivity contribution in [2.24, 2.45) is 0 Å². The molecule has 1 aliphatic heterocycles. The van der Waals surface area contributed by atoms with Crippen molar-refractivity contribution in [3.05, 3.63) is 48.6 Å². The van der Waals surface area contributed by atoms with Gasteiger partial charge in [-0.2, -0.15) is 0 Å². The molecule has 6 atom stereocenters. The highest BCUT2D eigenvalue weighted by molar-refractivity contribution is 5.69. The van der Waals surface area contributed by atoms with E-state index in [2.05, 4.69) is 62.5 Å². The lowest BCUT2D eigenvalue weighted by Gasteiger charge is -2.39. The first-order chi connectivity index (χ1) is 21.4. The molecule has 0 saturated carbocycles. The maximum atomic E-state index is 12.5. The molecule has 0 aromatic heterocycles. The predicted octanol–water partition coefficient (Wildman–Crippen LogP) is 5.46. The van der Waals surface area contributed by atoms with Crippen LogP contribution in [-0.4, -0.2) is 89.6 Å². The fraction of sp³-hybridized carbons (Fsp3) is 0.743. The summed E-state index contributed by atoms with van der Waals surface area (Å²) in [5.74, 6) is -0.342. The minimum Gasteiger partial charge on any atom is -0.457 e. The van der Waals surface area contributed by atoms with E-state index >= 15 is 0 Å². The zero-order valence-electron chi connectivity index (χ0n) is 27.1. The molecule has 9 nitrogen and oxygen atoms in total. The summed E-state index contributed by atoms with van der Waals surface area (Å²) < 4.78 is 22.4. The van der Waals surface area contributed by atoms with Gasteiger partial charge < -0.3 is 39.4 Å². The number of unbranched alkanes of at least 4 members (excludes halogenated alkanes) is 7. The van der Waals surface area contributed by atoms with Crippen molar-refractivity contribution in [3.63, 3.8) is 0 Å². The van der Waals surface area contributed by atoms with Gasteiger partial charge in [0.05, 0.1) is 19.8 Å². The first kappa shape index (κ1) is 40.2. The molecule has 1 saturated heterocycles. The molecule has 4 N–H and O–H groups in total. The molecule has 0 amide bonds. The zero-order chi connectivity index (χ0) is 32.3. The van der Waals surface area contributed by atoms with E-state index in [4.69, 9.17) is 18.9 Å². The number of carbonyl (C=O) groups excluding carboxylic acids is 1. The number of carbonyl (C=O) groups is 1. The molecule has 1 heterocycles. The van der Waals surface area contributed by atoms with Gasteiger partial charge in [0, 0.05) is 13.0 Å². The lowest BCUT2D eigenvalue weighted by molar-refractivity contribution is -0.305. The largest absolute Gasteiger partial charge is 0.457 e. The Kier molecular flexibility index (Phi) is 25.1. The van der Waals surface area contributed by atoms with E-state index in [0.717, 1.165) is 83.5 Å². The molecule has 0 aliphatic carbocycles. The normalized spacial score (nSPS) is 23.5. The van der Waals surface area contributed by atoms with E-state index < -0.39 is 43.4 Å². The van der Waals surface area contributed by atoms with Crippen molar-refractivity contribution in [2.75, 3.05) is 26.4 Å². The van der Waals surface area contributed by atoms with Gasteiger partial charge in [0.1, 0.15) is 30.5 Å². The molecule has 1 fully saturated rings. The third-order valence-electron chi connectivity index (χ3n) is 7.26. The van der Waals surface area contributed by atoms with E-state index in [1.165, 1.54) is 0 Å².